The zero-order chi connectivity index (χ0) is 8.10. The summed E-state index contributed by atoms with van der Waals surface area (Å²) in [6, 6.07) is 0. The molecule has 1 heterocycles. The van der Waals surface area contributed by atoms with Gasteiger partial charge in [-0.1, -0.05) is 6.92 Å². The third kappa shape index (κ3) is 2.01. The van der Waals surface area contributed by atoms with Gasteiger partial charge in [-0.3, -0.25) is 9.69 Å². The second kappa shape index (κ2) is 4.08. The Hall–Kier alpha value is -0.900. The summed E-state index contributed by atoms with van der Waals surface area (Å²) in [5.74, 6) is 0. The first kappa shape index (κ1) is 8.20. The monoisotopic (exact) mass is 169 g/mol. The zero-order valence-electron chi connectivity index (χ0n) is 6.28. The smallest absolute Gasteiger partial charge is 0.280 e. The van der Waals surface area contributed by atoms with Crippen molar-refractivity contribution in [2.24, 2.45) is 0 Å². The first-order chi connectivity index (χ1) is 5.38. The van der Waals surface area contributed by atoms with Crippen molar-refractivity contribution >= 4 is 22.9 Å². The van der Waals surface area contributed by atoms with Gasteiger partial charge in [-0.15, -0.1) is 11.3 Å². The number of anilines is 1. The third-order valence-electron chi connectivity index (χ3n) is 1.21. The fourth-order valence-corrected chi connectivity index (χ4v) is 1.37. The number of hydrogen-bond donors (Lipinski definition) is 0. The molecule has 0 bridgehead atoms. The maximum atomic E-state index is 10.4. The summed E-state index contributed by atoms with van der Waals surface area (Å²) >= 11 is 1.45. The molecule has 1 rings (SSSR count). The highest BCUT2D eigenvalue weighted by Crippen LogP contribution is 2.15. The van der Waals surface area contributed by atoms with Crippen LogP contribution in [0.3, 0.4) is 0 Å². The van der Waals surface area contributed by atoms with Crippen LogP contribution in [-0.4, -0.2) is 17.9 Å². The summed E-state index contributed by atoms with van der Waals surface area (Å²) in [4.78, 5) is 15.8. The Morgan fingerprint density at radius 3 is 3.09 bits per heavy atom. The van der Waals surface area contributed by atoms with E-state index in [-0.39, 0.29) is 0 Å². The number of amides is 1. The minimum absolute atomic E-state index is 0.691. The van der Waals surface area contributed by atoms with Crippen LogP contribution in [0.1, 0.15) is 13.3 Å². The molecule has 0 aliphatic rings. The second-order valence-electron chi connectivity index (χ2n) is 2.06. The topological polar surface area (TPSA) is 33.2 Å². The molecule has 0 aliphatic heterocycles. The van der Waals surface area contributed by atoms with Crippen molar-refractivity contribution in [1.29, 1.82) is 0 Å². The average Bonchev–Trinajstić information content (AvgIpc) is 2.52. The Bertz CT molecular complexity index is 210. The van der Waals surface area contributed by atoms with E-state index >= 15 is 0 Å². The van der Waals surface area contributed by atoms with E-state index in [1.165, 1.54) is 16.2 Å². The molecule has 0 unspecified atom stereocenters. The highest BCUT2D eigenvalue weighted by molar-refractivity contribution is 7.13. The van der Waals surface area contributed by atoms with Crippen LogP contribution >= 0.6 is 11.3 Å². The molecule has 0 N–H and O–H groups in total. The average molecular weight is 169 g/mol. The van der Waals surface area contributed by atoms with Crippen molar-refractivity contribution in [1.82, 2.24) is 4.98 Å². The van der Waals surface area contributed by atoms with E-state index in [1.807, 2.05) is 18.7 Å². The molecule has 0 atom stereocenters. The number of hydrogen-bond acceptors (Lipinski definition) is 3. The lowest BCUT2D eigenvalue weighted by molar-refractivity contribution is 0.550. The maximum absolute atomic E-state index is 10.4. The van der Waals surface area contributed by atoms with E-state index in [0.717, 1.165) is 11.6 Å². The number of aromatic nitrogens is 1. The molecule has 11 heavy (non-hydrogen) atoms. The lowest BCUT2D eigenvalue weighted by atomic mass is 10.5. The minimum atomic E-state index is 0.691. The largest absolute Gasteiger partial charge is 0.318 e. The number of nitrogens with zero attached hydrogens (tertiary/aromatic N) is 2. The van der Waals surface area contributed by atoms with Crippen molar-refractivity contribution in [3.8, 4) is 0 Å². The van der Waals surface area contributed by atoms with E-state index < -0.39 is 0 Å². The van der Waals surface area contributed by atoms with Crippen LogP contribution in [0.25, 0.3) is 0 Å². The molecule has 0 aromatic carbocycles. The normalized spacial score (nSPS) is 9.55. The van der Waals surface area contributed by atoms with Gasteiger partial charge < -0.3 is 0 Å². The van der Waals surface area contributed by atoms with Crippen molar-refractivity contribution < 1.29 is 4.79 Å². The molecule has 1 amide bonds. The highest BCUT2D eigenvalue weighted by Gasteiger charge is 2.05. The fourth-order valence-electron chi connectivity index (χ4n) is 0.753. The third-order valence-corrected chi connectivity index (χ3v) is 2.00. The van der Waals surface area contributed by atoms with Gasteiger partial charge in [-0.25, -0.2) is 4.98 Å². The summed E-state index contributed by atoms with van der Waals surface area (Å²) < 4.78 is 0. The summed E-state index contributed by atoms with van der Waals surface area (Å²) in [7, 11) is 0. The molecule has 0 spiro atoms. The Morgan fingerprint density at radius 2 is 2.64 bits per heavy atom. The summed E-state index contributed by atoms with van der Waals surface area (Å²) in [6.45, 7) is 2.70. The van der Waals surface area contributed by atoms with Crippen molar-refractivity contribution in [2.75, 3.05) is 11.4 Å². The summed E-state index contributed by atoms with van der Waals surface area (Å²) in [5.41, 5.74) is 0. The fraction of sp³-hybridized carbons (Fsp3) is 0.429. The van der Waals surface area contributed by atoms with E-state index in [9.17, 15) is 4.79 Å². The van der Waals surface area contributed by atoms with Crippen LogP contribution in [0, 0.1) is 0 Å². The molecule has 59 valence electrons. The van der Waals surface area contributed by atoms with E-state index in [0.29, 0.717) is 6.54 Å². The van der Waals surface area contributed by atoms with Gasteiger partial charge >= 0.3 is 6.41 Å². The molecule has 0 saturated carbocycles. The molecular formula is C7H9N2OS. The highest BCUT2D eigenvalue weighted by atomic mass is 32.1. The van der Waals surface area contributed by atoms with E-state index in [1.54, 1.807) is 6.20 Å². The molecule has 0 saturated heterocycles. The van der Waals surface area contributed by atoms with Crippen LogP contribution in [0.15, 0.2) is 11.6 Å². The van der Waals surface area contributed by atoms with Crippen molar-refractivity contribution in [3.05, 3.63) is 11.6 Å². The van der Waals surface area contributed by atoms with Gasteiger partial charge in [0.05, 0.1) is 0 Å². The number of rotatable bonds is 4. The Balaban J connectivity index is 2.63. The van der Waals surface area contributed by atoms with Gasteiger partial charge in [0.25, 0.3) is 0 Å². The van der Waals surface area contributed by atoms with Gasteiger partial charge in [0.15, 0.2) is 5.13 Å². The molecule has 1 radical (unpaired) electrons. The molecule has 4 heteroatoms. The Labute approximate surface area is 69.7 Å². The first-order valence-corrected chi connectivity index (χ1v) is 4.31. The molecule has 1 aromatic rings. The van der Waals surface area contributed by atoms with Crippen molar-refractivity contribution in [3.63, 3.8) is 0 Å². The van der Waals surface area contributed by atoms with Crippen LogP contribution in [0.5, 0.6) is 0 Å². The lowest BCUT2D eigenvalue weighted by Gasteiger charge is -2.09. The predicted octanol–water partition coefficient (Wildman–Crippen LogP) is 1.43. The summed E-state index contributed by atoms with van der Waals surface area (Å²) in [5, 5.41) is 2.57. The molecular weight excluding hydrogens is 160 g/mol. The molecule has 0 fully saturated rings. The number of thiazole rings is 1. The van der Waals surface area contributed by atoms with Crippen LogP contribution < -0.4 is 4.90 Å². The predicted molar refractivity (Wildman–Crippen MR) is 45.4 cm³/mol. The quantitative estimate of drug-likeness (QED) is 0.639. The molecule has 0 aliphatic carbocycles. The summed E-state index contributed by atoms with van der Waals surface area (Å²) in [6.07, 6.45) is 4.44. The maximum Gasteiger partial charge on any atom is 0.318 e. The Kier molecular flexibility index (Phi) is 3.04. The lowest BCUT2D eigenvalue weighted by Crippen LogP contribution is -2.21. The van der Waals surface area contributed by atoms with Crippen LogP contribution in [0.4, 0.5) is 5.13 Å². The number of carbonyl (C=O) groups excluding carboxylic acids is 1. The van der Waals surface area contributed by atoms with Crippen molar-refractivity contribution in [2.45, 2.75) is 13.3 Å². The second-order valence-corrected chi connectivity index (χ2v) is 2.93. The van der Waals surface area contributed by atoms with E-state index in [4.69, 9.17) is 0 Å². The standard InChI is InChI=1S/C7H9N2OS/c1-2-4-9(6-10)7-8-3-5-11-7/h3,5H,2,4H2,1H3. The van der Waals surface area contributed by atoms with Gasteiger partial charge in [0.2, 0.25) is 0 Å². The van der Waals surface area contributed by atoms with E-state index in [2.05, 4.69) is 4.98 Å². The first-order valence-electron chi connectivity index (χ1n) is 3.43. The van der Waals surface area contributed by atoms with Gasteiger partial charge in [-0.2, -0.15) is 0 Å². The van der Waals surface area contributed by atoms with Gasteiger partial charge in [-0.05, 0) is 6.42 Å². The molecule has 3 nitrogen and oxygen atoms in total. The van der Waals surface area contributed by atoms with Gasteiger partial charge in [0.1, 0.15) is 0 Å². The zero-order valence-corrected chi connectivity index (χ0v) is 7.10. The minimum Gasteiger partial charge on any atom is -0.280 e. The van der Waals surface area contributed by atoms with Crippen LogP contribution in [-0.2, 0) is 4.79 Å². The Morgan fingerprint density at radius 1 is 1.82 bits per heavy atom. The van der Waals surface area contributed by atoms with Crippen LogP contribution in [0.2, 0.25) is 0 Å². The SMILES string of the molecule is CCCN([C]=O)c1nccs1. The molecule has 1 aromatic heterocycles. The van der Waals surface area contributed by atoms with Gasteiger partial charge in [0, 0.05) is 18.1 Å².